The lowest BCUT2D eigenvalue weighted by Crippen LogP contribution is -2.29. The number of nitrogens with one attached hydrogen (secondary N) is 1. The fraction of sp³-hybridized carbons (Fsp3) is 0.269. The maximum atomic E-state index is 13.1. The lowest BCUT2D eigenvalue weighted by atomic mass is 9.98. The number of aromatic nitrogens is 6. The number of allylic oxidation sites excluding steroid dienone is 1. The maximum Gasteiger partial charge on any atom is 0.335 e. The fourth-order valence-corrected chi connectivity index (χ4v) is 3.83. The number of carbonyl (C=O) groups excluding carboxylic acids is 1. The normalized spacial score (nSPS) is 11.4. The number of imidazole rings is 1. The van der Waals surface area contributed by atoms with Gasteiger partial charge in [0.1, 0.15) is 0 Å². The molecule has 34 heavy (non-hydrogen) atoms. The Labute approximate surface area is 198 Å². The summed E-state index contributed by atoms with van der Waals surface area (Å²) < 4.78 is 2.90. The van der Waals surface area contributed by atoms with E-state index in [1.54, 1.807) is 10.8 Å². The van der Waals surface area contributed by atoms with Crippen molar-refractivity contribution >= 4 is 12.0 Å². The van der Waals surface area contributed by atoms with Crippen molar-refractivity contribution in [3.8, 4) is 22.5 Å². The van der Waals surface area contributed by atoms with Gasteiger partial charge in [0.05, 0.1) is 12.2 Å². The molecule has 0 aliphatic heterocycles. The number of hydrogen-bond acceptors (Lipinski definition) is 5. The van der Waals surface area contributed by atoms with Crippen molar-refractivity contribution < 1.29 is 4.79 Å². The van der Waals surface area contributed by atoms with E-state index >= 15 is 0 Å². The molecule has 0 aliphatic rings. The van der Waals surface area contributed by atoms with Crippen molar-refractivity contribution in [2.24, 2.45) is 0 Å². The van der Waals surface area contributed by atoms with E-state index in [4.69, 9.17) is 0 Å². The van der Waals surface area contributed by atoms with Gasteiger partial charge < -0.3 is 0 Å². The highest BCUT2D eigenvalue weighted by Gasteiger charge is 2.16. The highest BCUT2D eigenvalue weighted by Crippen LogP contribution is 2.29. The highest BCUT2D eigenvalue weighted by atomic mass is 16.2. The number of carbonyl (C=O) groups is 1. The summed E-state index contributed by atoms with van der Waals surface area (Å²) in [6.07, 6.45) is 8.44. The molecule has 8 nitrogen and oxygen atoms in total. The molecule has 0 atom stereocenters. The summed E-state index contributed by atoms with van der Waals surface area (Å²) in [6, 6.07) is 15.9. The summed E-state index contributed by atoms with van der Waals surface area (Å²) in [6.45, 7) is 4.44. The van der Waals surface area contributed by atoms with Gasteiger partial charge in [-0.25, -0.2) is 9.36 Å². The lowest BCUT2D eigenvalue weighted by Gasteiger charge is -2.09. The number of nitrogens with zero attached hydrogens (tertiary/aromatic N) is 5. The van der Waals surface area contributed by atoms with Gasteiger partial charge >= 0.3 is 5.69 Å². The zero-order valence-corrected chi connectivity index (χ0v) is 19.4. The van der Waals surface area contributed by atoms with Crippen LogP contribution in [0.1, 0.15) is 55.6 Å². The minimum Gasteiger partial charge on any atom is -0.288 e. The molecule has 0 saturated heterocycles. The van der Waals surface area contributed by atoms with E-state index in [9.17, 15) is 9.59 Å². The molecule has 2 aromatic carbocycles. The summed E-state index contributed by atoms with van der Waals surface area (Å²) in [5.41, 5.74) is 4.27. The lowest BCUT2D eigenvalue weighted by molar-refractivity contribution is 0.0894. The Hall–Kier alpha value is -4.07. The highest BCUT2D eigenvalue weighted by molar-refractivity contribution is 5.80. The van der Waals surface area contributed by atoms with Gasteiger partial charge in [-0.15, -0.1) is 10.2 Å². The van der Waals surface area contributed by atoms with E-state index in [1.165, 1.54) is 4.57 Å². The second-order valence-corrected chi connectivity index (χ2v) is 8.08. The second-order valence-electron chi connectivity index (χ2n) is 8.08. The first-order valence-electron chi connectivity index (χ1n) is 11.6. The molecular weight excluding hydrogens is 428 g/mol. The molecule has 0 saturated carbocycles. The molecular formula is C26H28N6O2. The van der Waals surface area contributed by atoms with Crippen LogP contribution in [0.2, 0.25) is 0 Å². The Balaban J connectivity index is 1.63. The van der Waals surface area contributed by atoms with Crippen LogP contribution < -0.4 is 5.69 Å². The summed E-state index contributed by atoms with van der Waals surface area (Å²) in [7, 11) is 0. The first kappa shape index (κ1) is 23.1. The monoisotopic (exact) mass is 456 g/mol. The smallest absolute Gasteiger partial charge is 0.288 e. The largest absolute Gasteiger partial charge is 0.335 e. The average Bonchev–Trinajstić information content (AvgIpc) is 3.51. The molecule has 0 amide bonds. The average molecular weight is 457 g/mol. The second kappa shape index (κ2) is 10.7. The van der Waals surface area contributed by atoms with Crippen LogP contribution in [0.25, 0.3) is 28.6 Å². The fourth-order valence-electron chi connectivity index (χ4n) is 3.83. The summed E-state index contributed by atoms with van der Waals surface area (Å²) in [5, 5.41) is 14.4. The molecule has 4 aromatic rings. The summed E-state index contributed by atoms with van der Waals surface area (Å²) >= 11 is 0. The van der Waals surface area contributed by atoms with Gasteiger partial charge in [0.15, 0.2) is 0 Å². The Kier molecular flexibility index (Phi) is 7.27. The molecule has 8 heteroatoms. The van der Waals surface area contributed by atoms with E-state index < -0.39 is 0 Å². The minimum absolute atomic E-state index is 0.162. The van der Waals surface area contributed by atoms with Crippen LogP contribution in [-0.4, -0.2) is 35.7 Å². The zero-order chi connectivity index (χ0) is 23.9. The number of aromatic amines is 1. The van der Waals surface area contributed by atoms with Gasteiger partial charge in [-0.2, -0.15) is 5.21 Å². The van der Waals surface area contributed by atoms with Gasteiger partial charge in [-0.05, 0) is 40.8 Å². The predicted molar refractivity (Wildman–Crippen MR) is 132 cm³/mol. The van der Waals surface area contributed by atoms with Crippen molar-refractivity contribution in [2.75, 3.05) is 0 Å². The molecule has 174 valence electrons. The Morgan fingerprint density at radius 1 is 1.06 bits per heavy atom. The van der Waals surface area contributed by atoms with Crippen molar-refractivity contribution in [1.82, 2.24) is 29.8 Å². The van der Waals surface area contributed by atoms with Crippen LogP contribution in [0.4, 0.5) is 0 Å². The number of benzene rings is 2. The van der Waals surface area contributed by atoms with Crippen LogP contribution in [-0.2, 0) is 6.54 Å². The quantitative estimate of drug-likeness (QED) is 0.390. The SMILES string of the molecule is CCC=Cc1cn(C(=O)CCCC)c(=O)n1Cc1ccc(-c2ccccc2-c2nn[nH]n2)cc1. The number of unbranched alkanes of at least 4 members (excludes halogenated alkanes) is 1. The Morgan fingerprint density at radius 3 is 2.50 bits per heavy atom. The van der Waals surface area contributed by atoms with Gasteiger partial charge in [0.25, 0.3) is 0 Å². The molecule has 2 aromatic heterocycles. The predicted octanol–water partition coefficient (Wildman–Crippen LogP) is 4.80. The van der Waals surface area contributed by atoms with Crippen molar-refractivity contribution in [1.29, 1.82) is 0 Å². The molecule has 0 fully saturated rings. The molecule has 4 rings (SSSR count). The van der Waals surface area contributed by atoms with Gasteiger partial charge in [-0.1, -0.05) is 74.9 Å². The number of H-pyrrole nitrogens is 1. The van der Waals surface area contributed by atoms with E-state index in [0.29, 0.717) is 18.8 Å². The third kappa shape index (κ3) is 4.96. The Morgan fingerprint density at radius 2 is 1.82 bits per heavy atom. The molecule has 2 heterocycles. The maximum absolute atomic E-state index is 13.1. The van der Waals surface area contributed by atoms with Gasteiger partial charge in [0.2, 0.25) is 11.7 Å². The van der Waals surface area contributed by atoms with E-state index in [2.05, 4.69) is 20.6 Å². The van der Waals surface area contributed by atoms with E-state index in [-0.39, 0.29) is 11.6 Å². The molecule has 1 N–H and O–H groups in total. The van der Waals surface area contributed by atoms with E-state index in [1.807, 2.05) is 74.5 Å². The Bertz CT molecular complexity index is 1330. The summed E-state index contributed by atoms with van der Waals surface area (Å²) in [5.74, 6) is 0.373. The molecule has 0 unspecified atom stereocenters. The van der Waals surface area contributed by atoms with Gasteiger partial charge in [-0.3, -0.25) is 9.36 Å². The van der Waals surface area contributed by atoms with Crippen molar-refractivity contribution in [2.45, 2.75) is 46.1 Å². The topological polar surface area (TPSA) is 98.5 Å². The third-order valence-corrected chi connectivity index (χ3v) is 5.67. The van der Waals surface area contributed by atoms with Crippen molar-refractivity contribution in [3.63, 3.8) is 0 Å². The first-order chi connectivity index (χ1) is 16.6. The van der Waals surface area contributed by atoms with Crippen LogP contribution in [0, 0.1) is 0 Å². The van der Waals surface area contributed by atoms with Crippen LogP contribution >= 0.6 is 0 Å². The first-order valence-corrected chi connectivity index (χ1v) is 11.6. The molecule has 0 aliphatic carbocycles. The third-order valence-electron chi connectivity index (χ3n) is 5.67. The standard InChI is InChI=1S/C26H28N6O2/c1-3-5-9-21-18-32(24(33)12-6-4-2)26(34)31(21)17-19-13-15-20(16-14-19)22-10-7-8-11-23(22)25-27-29-30-28-25/h5,7-11,13-16,18H,3-4,6,12,17H2,1-2H3,(H,27,28,29,30). The minimum atomic E-state index is -0.302. The van der Waals surface area contributed by atoms with Crippen molar-refractivity contribution in [3.05, 3.63) is 82.5 Å². The number of tetrazole rings is 1. The molecule has 0 bridgehead atoms. The molecule has 0 radical (unpaired) electrons. The van der Waals surface area contributed by atoms with Crippen LogP contribution in [0.5, 0.6) is 0 Å². The van der Waals surface area contributed by atoms with Crippen LogP contribution in [0.15, 0.2) is 65.6 Å². The van der Waals surface area contributed by atoms with Gasteiger partial charge in [0, 0.05) is 18.2 Å². The zero-order valence-electron chi connectivity index (χ0n) is 19.4. The summed E-state index contributed by atoms with van der Waals surface area (Å²) in [4.78, 5) is 25.6. The number of hydrogen-bond donors (Lipinski definition) is 1. The number of rotatable bonds is 9. The van der Waals surface area contributed by atoms with E-state index in [0.717, 1.165) is 47.2 Å². The van der Waals surface area contributed by atoms with Crippen LogP contribution in [0.3, 0.4) is 0 Å². The molecule has 0 spiro atoms.